The second-order valence-electron chi connectivity index (χ2n) is 13.8. The molecule has 2 saturated heterocycles. The van der Waals surface area contributed by atoms with Gasteiger partial charge in [0, 0.05) is 78.2 Å². The number of nitrogens with zero attached hydrogens (tertiary/aromatic N) is 4. The fourth-order valence-corrected chi connectivity index (χ4v) is 8.29. The van der Waals surface area contributed by atoms with Crippen LogP contribution in [0.1, 0.15) is 47.2 Å². The Morgan fingerprint density at radius 3 is 2.68 bits per heavy atom. The number of nitrogens with one attached hydrogen (secondary N) is 3. The fourth-order valence-electron chi connectivity index (χ4n) is 7.21. The van der Waals surface area contributed by atoms with Gasteiger partial charge >= 0.3 is 0 Å². The average Bonchev–Trinajstić information content (AvgIpc) is 3.52. The van der Waals surface area contributed by atoms with Crippen molar-refractivity contribution in [2.45, 2.75) is 55.6 Å². The van der Waals surface area contributed by atoms with Gasteiger partial charge in [-0.05, 0) is 67.3 Å². The summed E-state index contributed by atoms with van der Waals surface area (Å²) in [5, 5.41) is 9.25. The summed E-state index contributed by atoms with van der Waals surface area (Å²) in [6.07, 6.45) is 6.95. The van der Waals surface area contributed by atoms with Crippen molar-refractivity contribution in [2.24, 2.45) is 0 Å². The van der Waals surface area contributed by atoms with E-state index >= 15 is 0 Å². The third-order valence-electron chi connectivity index (χ3n) is 10.1. The maximum absolute atomic E-state index is 13.7. The van der Waals surface area contributed by atoms with E-state index in [9.17, 15) is 28.4 Å². The number of methoxy groups -OCH3 is 1. The highest BCUT2D eigenvalue weighted by Gasteiger charge is 2.40. The van der Waals surface area contributed by atoms with E-state index in [1.807, 2.05) is 18.2 Å². The lowest BCUT2D eigenvalue weighted by Crippen LogP contribution is -2.52. The Morgan fingerprint density at radius 2 is 1.91 bits per heavy atom. The Kier molecular flexibility index (Phi) is 11.9. The first-order chi connectivity index (χ1) is 27.1. The third-order valence-corrected chi connectivity index (χ3v) is 11.5. The van der Waals surface area contributed by atoms with E-state index in [0.717, 1.165) is 36.4 Å². The van der Waals surface area contributed by atoms with Crippen LogP contribution in [0.5, 0.6) is 5.75 Å². The minimum absolute atomic E-state index is 0.0217. The summed E-state index contributed by atoms with van der Waals surface area (Å²) in [5.41, 5.74) is 3.13. The molecule has 290 valence electrons. The van der Waals surface area contributed by atoms with Crippen LogP contribution in [0.4, 0.5) is 15.9 Å². The molecule has 0 saturated carbocycles. The summed E-state index contributed by atoms with van der Waals surface area (Å²) >= 11 is 7.32. The summed E-state index contributed by atoms with van der Waals surface area (Å²) in [5.74, 6) is -0.575. The molecule has 1 atom stereocenters. The van der Waals surface area contributed by atoms with Gasteiger partial charge in [-0.25, -0.2) is 14.4 Å². The molecule has 4 aromatic rings. The molecule has 3 aliphatic rings. The van der Waals surface area contributed by atoms with Gasteiger partial charge in [-0.2, -0.15) is 0 Å². The molecule has 3 aliphatic heterocycles. The Hall–Kier alpha value is -5.38. The molecule has 4 heterocycles. The summed E-state index contributed by atoms with van der Waals surface area (Å²) in [4.78, 5) is 76.5. The number of halogens is 2. The van der Waals surface area contributed by atoms with Crippen molar-refractivity contribution in [2.75, 3.05) is 37.8 Å². The summed E-state index contributed by atoms with van der Waals surface area (Å²) < 4.78 is 19.3. The zero-order valence-corrected chi connectivity index (χ0v) is 32.1. The number of hydrogen-bond donors (Lipinski definition) is 3. The SMILES string of the molecule is COc1cc2ncnc(Nc3ccc(F)c(Cl)c3)c2cc1CC(=O)/C=C/CN1CCC(NC(=O)CSc2cccc3c2CN(C2CCC(=O)NC2=O)C3=O)CC1. The van der Waals surface area contributed by atoms with Crippen molar-refractivity contribution >= 4 is 75.2 Å². The maximum atomic E-state index is 13.7. The Morgan fingerprint density at radius 1 is 1.09 bits per heavy atom. The van der Waals surface area contributed by atoms with Crippen molar-refractivity contribution in [3.05, 3.63) is 94.5 Å². The van der Waals surface area contributed by atoms with Crippen molar-refractivity contribution in [3.63, 3.8) is 0 Å². The van der Waals surface area contributed by atoms with Crippen LogP contribution < -0.4 is 20.7 Å². The molecular weight excluding hydrogens is 761 g/mol. The molecule has 0 radical (unpaired) electrons. The molecule has 16 heteroatoms. The minimum atomic E-state index is -0.693. The van der Waals surface area contributed by atoms with E-state index in [-0.39, 0.29) is 59.7 Å². The molecule has 1 aromatic heterocycles. The van der Waals surface area contributed by atoms with E-state index in [1.54, 1.807) is 30.3 Å². The molecule has 4 amide bonds. The molecule has 7 rings (SSSR count). The Balaban J connectivity index is 0.871. The normalized spacial score (nSPS) is 17.7. The molecule has 56 heavy (non-hydrogen) atoms. The van der Waals surface area contributed by atoms with Crippen molar-refractivity contribution < 1.29 is 33.1 Å². The summed E-state index contributed by atoms with van der Waals surface area (Å²) in [6.45, 7) is 2.36. The highest BCUT2D eigenvalue weighted by Crippen LogP contribution is 2.35. The van der Waals surface area contributed by atoms with Gasteiger partial charge in [-0.1, -0.05) is 23.7 Å². The quantitative estimate of drug-likeness (QED) is 0.0951. The van der Waals surface area contributed by atoms with Crippen LogP contribution in [-0.2, 0) is 32.1 Å². The molecule has 0 spiro atoms. The molecule has 13 nitrogen and oxygen atoms in total. The number of allylic oxidation sites excluding steroid dienone is 1. The number of hydrogen-bond acceptors (Lipinski definition) is 11. The fraction of sp³-hybridized carbons (Fsp3) is 0.325. The number of carbonyl (C=O) groups excluding carboxylic acids is 5. The van der Waals surface area contributed by atoms with Crippen molar-refractivity contribution in [3.8, 4) is 5.75 Å². The Labute approximate surface area is 331 Å². The standard InChI is InChI=1S/C40H39ClFN7O6S/c1-55-34-19-32-28(38(44-22-43-32)46-25-7-8-31(42)30(41)18-25)17-23(34)16-26(50)4-3-13-48-14-11-24(12-15-48)45-37(52)21-56-35-6-2-5-27-29(35)20-49(40(27)54)33-9-10-36(51)47-39(33)53/h2-8,17-19,22,24,33H,9-16,20-21H2,1H3,(H,45,52)(H,43,44,46)(H,47,51,53)/b4-3+. The number of anilines is 2. The number of ketones is 1. The van der Waals surface area contributed by atoms with Gasteiger partial charge < -0.3 is 20.3 Å². The van der Waals surface area contributed by atoms with E-state index in [2.05, 4.69) is 30.8 Å². The number of ether oxygens (including phenoxy) is 1. The summed E-state index contributed by atoms with van der Waals surface area (Å²) in [7, 11) is 1.54. The molecule has 3 N–H and O–H groups in total. The third kappa shape index (κ3) is 8.85. The molecule has 3 aromatic carbocycles. The molecule has 2 fully saturated rings. The number of benzene rings is 3. The first-order valence-corrected chi connectivity index (χ1v) is 19.6. The highest BCUT2D eigenvalue weighted by atomic mass is 35.5. The van der Waals surface area contributed by atoms with Gasteiger partial charge in [0.15, 0.2) is 5.78 Å². The predicted molar refractivity (Wildman–Crippen MR) is 209 cm³/mol. The van der Waals surface area contributed by atoms with Crippen LogP contribution >= 0.6 is 23.4 Å². The van der Waals surface area contributed by atoms with Gasteiger partial charge in [0.2, 0.25) is 17.7 Å². The second-order valence-corrected chi connectivity index (χ2v) is 15.2. The van der Waals surface area contributed by atoms with Crippen LogP contribution in [-0.4, -0.2) is 93.8 Å². The van der Waals surface area contributed by atoms with Crippen LogP contribution in [0.25, 0.3) is 10.9 Å². The zero-order chi connectivity index (χ0) is 39.3. The predicted octanol–water partition coefficient (Wildman–Crippen LogP) is 4.98. The minimum Gasteiger partial charge on any atom is -0.496 e. The molecule has 1 unspecified atom stereocenters. The number of likely N-dealkylation sites (tertiary alicyclic amines) is 1. The zero-order valence-electron chi connectivity index (χ0n) is 30.5. The van der Waals surface area contributed by atoms with Gasteiger partial charge in [-0.15, -0.1) is 11.8 Å². The Bertz CT molecular complexity index is 2250. The smallest absolute Gasteiger partial charge is 0.255 e. The van der Waals surface area contributed by atoms with Gasteiger partial charge in [0.25, 0.3) is 5.91 Å². The van der Waals surface area contributed by atoms with Gasteiger partial charge in [0.05, 0.1) is 23.4 Å². The van der Waals surface area contributed by atoms with E-state index in [4.69, 9.17) is 16.3 Å². The first kappa shape index (κ1) is 38.9. The molecule has 0 bridgehead atoms. The van der Waals surface area contributed by atoms with Crippen molar-refractivity contribution in [1.29, 1.82) is 0 Å². The van der Waals surface area contributed by atoms with Gasteiger partial charge in [-0.3, -0.25) is 34.2 Å². The number of rotatable bonds is 13. The van der Waals surface area contributed by atoms with Gasteiger partial charge in [0.1, 0.15) is 29.8 Å². The van der Waals surface area contributed by atoms with Crippen LogP contribution in [0.3, 0.4) is 0 Å². The maximum Gasteiger partial charge on any atom is 0.255 e. The number of fused-ring (bicyclic) bond motifs is 2. The second kappa shape index (κ2) is 17.2. The first-order valence-electron chi connectivity index (χ1n) is 18.2. The lowest BCUT2D eigenvalue weighted by molar-refractivity contribution is -0.137. The number of piperidine rings is 2. The number of thioether (sulfide) groups is 1. The lowest BCUT2D eigenvalue weighted by Gasteiger charge is -2.31. The number of aromatic nitrogens is 2. The average molecular weight is 800 g/mol. The molecule has 0 aliphatic carbocycles. The monoisotopic (exact) mass is 799 g/mol. The van der Waals surface area contributed by atoms with Crippen LogP contribution in [0.2, 0.25) is 5.02 Å². The van der Waals surface area contributed by atoms with Crippen LogP contribution in [0.15, 0.2) is 71.9 Å². The van der Waals surface area contributed by atoms with E-state index < -0.39 is 17.8 Å². The van der Waals surface area contributed by atoms with E-state index in [1.165, 1.54) is 42.2 Å². The topological polar surface area (TPSA) is 163 Å². The van der Waals surface area contributed by atoms with Crippen molar-refractivity contribution in [1.82, 2.24) is 30.4 Å². The highest BCUT2D eigenvalue weighted by molar-refractivity contribution is 8.00. The number of carbonyl (C=O) groups is 5. The number of amides is 4. The van der Waals surface area contributed by atoms with Crippen LogP contribution in [0, 0.1) is 5.82 Å². The molecular formula is C40H39ClFN7O6S. The largest absolute Gasteiger partial charge is 0.496 e. The lowest BCUT2D eigenvalue weighted by atomic mass is 10.0. The summed E-state index contributed by atoms with van der Waals surface area (Å²) in [6, 6.07) is 12.6. The van der Waals surface area contributed by atoms with E-state index in [0.29, 0.717) is 52.3 Å². The number of imide groups is 1.